The Morgan fingerprint density at radius 1 is 1.08 bits per heavy atom. The second-order valence-electron chi connectivity index (χ2n) is 2.26. The summed E-state index contributed by atoms with van der Waals surface area (Å²) in [6.45, 7) is 2.88. The molecule has 0 rings (SSSR count). The Hall–Kier alpha value is 0.430. The maximum Gasteiger partial charge on any atom is 0.513 e. The third-order valence-corrected chi connectivity index (χ3v) is 0.834. The Labute approximate surface area is 89.8 Å². The van der Waals surface area contributed by atoms with Gasteiger partial charge in [-0.1, -0.05) is 11.6 Å². The largest absolute Gasteiger partial charge is 0.513 e. The van der Waals surface area contributed by atoms with Gasteiger partial charge in [-0.05, 0) is 48.7 Å². The average Bonchev–Trinajstić information content (AvgIpc) is 1.49. The summed E-state index contributed by atoms with van der Waals surface area (Å²) in [5, 5.41) is -1.19. The van der Waals surface area contributed by atoms with Crippen molar-refractivity contribution in [2.24, 2.45) is 0 Å². The number of carbonyl (C=O) groups is 1. The molecule has 0 aliphatic rings. The van der Waals surface area contributed by atoms with Crippen molar-refractivity contribution >= 4 is 52.6 Å². The molecule has 0 atom stereocenters. The number of ether oxygens (including phenoxy) is 2. The minimum atomic E-state index is -2.13. The molecule has 3 nitrogen and oxygen atoms in total. The molecular weight excluding hydrogens is 250 g/mol. The fourth-order valence-electron chi connectivity index (χ4n) is 0.313. The molecule has 7 heteroatoms. The molecule has 0 aromatic heterocycles. The van der Waals surface area contributed by atoms with Crippen LogP contribution in [0.2, 0.25) is 0 Å². The predicted octanol–water partition coefficient (Wildman–Crippen LogP) is 3.44. The first-order valence-electron chi connectivity index (χ1n) is 2.78. The fraction of sp³-hybridized carbons (Fsp3) is 0.800. The van der Waals surface area contributed by atoms with Gasteiger partial charge in [0.15, 0.2) is 5.06 Å². The van der Waals surface area contributed by atoms with Gasteiger partial charge in [0.05, 0.1) is 0 Å². The normalized spacial score (nSPS) is 12.5. The molecule has 0 radical (unpaired) electrons. The van der Waals surface area contributed by atoms with Crippen LogP contribution in [-0.2, 0) is 9.47 Å². The smallest absolute Gasteiger partial charge is 0.412 e. The molecule has 0 aliphatic carbocycles. The van der Waals surface area contributed by atoms with Crippen LogP contribution in [0.4, 0.5) is 4.79 Å². The molecule has 72 valence electrons. The average molecular weight is 256 g/mol. The van der Waals surface area contributed by atoms with Crippen LogP contribution >= 0.6 is 46.4 Å². The van der Waals surface area contributed by atoms with Crippen LogP contribution in [0.15, 0.2) is 0 Å². The van der Waals surface area contributed by atoms with E-state index in [1.807, 2.05) is 0 Å². The molecule has 0 aliphatic heterocycles. The third kappa shape index (κ3) is 8.53. The van der Waals surface area contributed by atoms with Crippen molar-refractivity contribution in [3.8, 4) is 0 Å². The Balaban J connectivity index is 3.92. The summed E-state index contributed by atoms with van der Waals surface area (Å²) >= 11 is 20.9. The highest BCUT2D eigenvalue weighted by Crippen LogP contribution is 2.29. The SMILES string of the molecule is CC(C)(Cl)OC(=O)OC(Cl)(Cl)Cl. The lowest BCUT2D eigenvalue weighted by Gasteiger charge is -2.18. The lowest BCUT2D eigenvalue weighted by Crippen LogP contribution is -2.25. The van der Waals surface area contributed by atoms with Crippen molar-refractivity contribution in [1.82, 2.24) is 0 Å². The maximum absolute atomic E-state index is 10.7. The van der Waals surface area contributed by atoms with Gasteiger partial charge >= 0.3 is 10.1 Å². The van der Waals surface area contributed by atoms with Crippen LogP contribution in [-0.4, -0.2) is 15.2 Å². The molecule has 0 heterocycles. The molecule has 0 fully saturated rings. The highest BCUT2D eigenvalue weighted by atomic mass is 35.6. The standard InChI is InChI=1S/C5H6Cl4O3/c1-4(2,6)11-3(10)12-5(7,8)9/h1-2H3. The van der Waals surface area contributed by atoms with Gasteiger partial charge in [-0.3, -0.25) is 0 Å². The molecule has 12 heavy (non-hydrogen) atoms. The first-order chi connectivity index (χ1) is 5.10. The van der Waals surface area contributed by atoms with Crippen molar-refractivity contribution in [1.29, 1.82) is 0 Å². The minimum absolute atomic E-state index is 1.14. The number of hydrogen-bond acceptors (Lipinski definition) is 3. The second-order valence-corrected chi connectivity index (χ2v) is 5.35. The minimum Gasteiger partial charge on any atom is -0.412 e. The summed E-state index contributed by atoms with van der Waals surface area (Å²) in [5.41, 5.74) is 0. The van der Waals surface area contributed by atoms with Gasteiger partial charge in [-0.15, -0.1) is 0 Å². The van der Waals surface area contributed by atoms with E-state index in [0.29, 0.717) is 0 Å². The van der Waals surface area contributed by atoms with Gasteiger partial charge in [-0.25, -0.2) is 4.79 Å². The van der Waals surface area contributed by atoms with Crippen molar-refractivity contribution in [3.63, 3.8) is 0 Å². The number of alkyl halides is 4. The molecule has 0 aromatic carbocycles. The molecule has 0 saturated heterocycles. The van der Waals surface area contributed by atoms with E-state index in [1.54, 1.807) is 0 Å². The second kappa shape index (κ2) is 4.09. The molecule has 0 aromatic rings. The monoisotopic (exact) mass is 254 g/mol. The van der Waals surface area contributed by atoms with E-state index in [1.165, 1.54) is 13.8 Å². The van der Waals surface area contributed by atoms with Gasteiger partial charge in [0.2, 0.25) is 0 Å². The Kier molecular flexibility index (Phi) is 4.24. The summed E-state index contributed by atoms with van der Waals surface area (Å²) in [6, 6.07) is 0. The number of carbonyl (C=O) groups excluding carboxylic acids is 1. The van der Waals surface area contributed by atoms with Gasteiger partial charge in [0.1, 0.15) is 0 Å². The van der Waals surface area contributed by atoms with Crippen LogP contribution in [0.3, 0.4) is 0 Å². The molecule has 0 amide bonds. The van der Waals surface area contributed by atoms with E-state index < -0.39 is 15.2 Å². The molecule has 0 spiro atoms. The van der Waals surface area contributed by atoms with Crippen LogP contribution in [0.25, 0.3) is 0 Å². The summed E-state index contributed by atoms with van der Waals surface area (Å²) in [6.07, 6.45) is -1.14. The third-order valence-electron chi connectivity index (χ3n) is 0.525. The van der Waals surface area contributed by atoms with E-state index in [2.05, 4.69) is 9.47 Å². The van der Waals surface area contributed by atoms with Crippen LogP contribution in [0, 0.1) is 0 Å². The first kappa shape index (κ1) is 12.4. The number of hydrogen-bond donors (Lipinski definition) is 0. The quantitative estimate of drug-likeness (QED) is 0.532. The van der Waals surface area contributed by atoms with Crippen LogP contribution < -0.4 is 0 Å². The Morgan fingerprint density at radius 2 is 1.50 bits per heavy atom. The lowest BCUT2D eigenvalue weighted by molar-refractivity contribution is 0.0178. The van der Waals surface area contributed by atoms with E-state index in [4.69, 9.17) is 46.4 Å². The van der Waals surface area contributed by atoms with Crippen molar-refractivity contribution in [2.75, 3.05) is 0 Å². The summed E-state index contributed by atoms with van der Waals surface area (Å²) in [4.78, 5) is 10.7. The van der Waals surface area contributed by atoms with E-state index in [0.717, 1.165) is 0 Å². The van der Waals surface area contributed by atoms with Gasteiger partial charge < -0.3 is 9.47 Å². The number of halogens is 4. The molecule has 0 saturated carbocycles. The Morgan fingerprint density at radius 3 is 1.75 bits per heavy atom. The molecule has 0 N–H and O–H groups in total. The van der Waals surface area contributed by atoms with E-state index in [-0.39, 0.29) is 0 Å². The lowest BCUT2D eigenvalue weighted by atomic mass is 10.5. The highest BCUT2D eigenvalue weighted by Gasteiger charge is 2.29. The summed E-state index contributed by atoms with van der Waals surface area (Å²) in [7, 11) is 0. The van der Waals surface area contributed by atoms with Crippen molar-refractivity contribution < 1.29 is 14.3 Å². The highest BCUT2D eigenvalue weighted by molar-refractivity contribution is 6.66. The Bertz CT molecular complexity index is 151. The number of rotatable bonds is 1. The zero-order valence-corrected chi connectivity index (χ0v) is 9.26. The van der Waals surface area contributed by atoms with Gasteiger partial charge in [-0.2, -0.15) is 0 Å². The zero-order chi connectivity index (χ0) is 9.99. The topological polar surface area (TPSA) is 35.5 Å². The van der Waals surface area contributed by atoms with Crippen molar-refractivity contribution in [3.05, 3.63) is 0 Å². The fourth-order valence-corrected chi connectivity index (χ4v) is 0.565. The molecular formula is C5H6Cl4O3. The summed E-state index contributed by atoms with van der Waals surface area (Å²) in [5.74, 6) is 0. The van der Waals surface area contributed by atoms with Crippen LogP contribution in [0.5, 0.6) is 0 Å². The van der Waals surface area contributed by atoms with E-state index >= 15 is 0 Å². The van der Waals surface area contributed by atoms with Gasteiger partial charge in [0, 0.05) is 0 Å². The zero-order valence-electron chi connectivity index (χ0n) is 6.24. The van der Waals surface area contributed by atoms with Crippen molar-refractivity contribution in [2.45, 2.75) is 22.9 Å². The van der Waals surface area contributed by atoms with E-state index in [9.17, 15) is 4.79 Å². The molecule has 0 unspecified atom stereocenters. The van der Waals surface area contributed by atoms with Crippen LogP contribution in [0.1, 0.15) is 13.8 Å². The predicted molar refractivity (Wildman–Crippen MR) is 47.8 cm³/mol. The first-order valence-corrected chi connectivity index (χ1v) is 4.29. The maximum atomic E-state index is 10.7. The summed E-state index contributed by atoms with van der Waals surface area (Å²) < 4.78 is 6.50. The van der Waals surface area contributed by atoms with Gasteiger partial charge in [0.25, 0.3) is 0 Å². The molecule has 0 bridgehead atoms.